The number of carbonyl (C=O) groups excluding carboxylic acids is 2. The van der Waals surface area contributed by atoms with Crippen molar-refractivity contribution in [1.29, 1.82) is 0 Å². The van der Waals surface area contributed by atoms with Crippen LogP contribution in [0.1, 0.15) is 22.0 Å². The molecule has 1 fully saturated rings. The molecule has 1 saturated heterocycles. The van der Waals surface area contributed by atoms with Crippen molar-refractivity contribution in [2.75, 3.05) is 20.2 Å². The highest BCUT2D eigenvalue weighted by atomic mass is 19.1. The summed E-state index contributed by atoms with van der Waals surface area (Å²) in [5.74, 6) is -1.02. The molecular weight excluding hydrogens is 327 g/mol. The molecule has 0 saturated carbocycles. The number of carbonyl (C=O) groups is 2. The van der Waals surface area contributed by atoms with Gasteiger partial charge in [-0.2, -0.15) is 0 Å². The summed E-state index contributed by atoms with van der Waals surface area (Å²) in [4.78, 5) is 26.7. The molecule has 130 valence electrons. The van der Waals surface area contributed by atoms with Gasteiger partial charge in [0.2, 0.25) is 5.91 Å². The zero-order chi connectivity index (χ0) is 18.0. The molecule has 2 amide bonds. The Morgan fingerprint density at radius 2 is 2.00 bits per heavy atom. The second-order valence-corrected chi connectivity index (χ2v) is 5.63. The fourth-order valence-electron chi connectivity index (χ4n) is 2.84. The lowest BCUT2D eigenvalue weighted by molar-refractivity contribution is -0.128. The van der Waals surface area contributed by atoms with Gasteiger partial charge in [-0.3, -0.25) is 9.59 Å². The van der Waals surface area contributed by atoms with Crippen molar-refractivity contribution in [3.8, 4) is 11.5 Å². The molecule has 0 bridgehead atoms. The van der Waals surface area contributed by atoms with Crippen LogP contribution in [0, 0.1) is 5.82 Å². The summed E-state index contributed by atoms with van der Waals surface area (Å²) in [6.07, 6.45) is 0. The molecule has 3 rings (SSSR count). The minimum absolute atomic E-state index is 0.0782. The quantitative estimate of drug-likeness (QED) is 0.891. The number of nitrogens with one attached hydrogen (secondary N) is 1. The zero-order valence-electron chi connectivity index (χ0n) is 13.5. The summed E-state index contributed by atoms with van der Waals surface area (Å²) in [6.45, 7) is 0.646. The van der Waals surface area contributed by atoms with Crippen molar-refractivity contribution in [3.63, 3.8) is 0 Å². The van der Waals surface area contributed by atoms with Gasteiger partial charge in [-0.1, -0.05) is 12.1 Å². The third-order valence-corrected chi connectivity index (χ3v) is 4.09. The van der Waals surface area contributed by atoms with E-state index in [2.05, 4.69) is 5.32 Å². The maximum Gasteiger partial charge on any atom is 0.255 e. The van der Waals surface area contributed by atoms with E-state index < -0.39 is 11.9 Å². The molecular formula is C18H17FN2O4. The first kappa shape index (κ1) is 16.8. The lowest BCUT2D eigenvalue weighted by Crippen LogP contribution is -2.52. The molecule has 1 aliphatic rings. The Morgan fingerprint density at radius 3 is 2.68 bits per heavy atom. The van der Waals surface area contributed by atoms with Gasteiger partial charge >= 0.3 is 0 Å². The topological polar surface area (TPSA) is 78.9 Å². The molecule has 0 aliphatic carbocycles. The first-order valence-electron chi connectivity index (χ1n) is 7.72. The number of benzene rings is 2. The Kier molecular flexibility index (Phi) is 4.56. The molecule has 7 heteroatoms. The van der Waals surface area contributed by atoms with E-state index in [4.69, 9.17) is 4.74 Å². The molecule has 0 spiro atoms. The van der Waals surface area contributed by atoms with Crippen LogP contribution >= 0.6 is 0 Å². The Morgan fingerprint density at radius 1 is 1.28 bits per heavy atom. The highest BCUT2D eigenvalue weighted by Gasteiger charge is 2.35. The summed E-state index contributed by atoms with van der Waals surface area (Å²) < 4.78 is 18.2. The molecule has 0 aromatic heterocycles. The molecule has 2 aromatic carbocycles. The number of rotatable bonds is 3. The Bertz CT molecular complexity index is 807. The number of hydrogen-bond acceptors (Lipinski definition) is 4. The van der Waals surface area contributed by atoms with Crippen LogP contribution in [-0.2, 0) is 4.79 Å². The molecule has 1 aliphatic heterocycles. The summed E-state index contributed by atoms with van der Waals surface area (Å²) in [5, 5.41) is 12.4. The van der Waals surface area contributed by atoms with Gasteiger partial charge in [-0.15, -0.1) is 0 Å². The lowest BCUT2D eigenvalue weighted by atomic mass is 10.0. The van der Waals surface area contributed by atoms with Gasteiger partial charge in [0.1, 0.15) is 11.9 Å². The molecule has 2 N–H and O–H groups in total. The Balaban J connectivity index is 1.96. The number of methoxy groups -OCH3 is 1. The number of phenolic OH excluding ortho intramolecular Hbond substituents is 1. The maximum atomic E-state index is 13.2. The molecule has 25 heavy (non-hydrogen) atoms. The Labute approximate surface area is 143 Å². The number of piperazine rings is 1. The second-order valence-electron chi connectivity index (χ2n) is 5.63. The van der Waals surface area contributed by atoms with E-state index in [0.29, 0.717) is 18.7 Å². The van der Waals surface area contributed by atoms with Gasteiger partial charge in [0, 0.05) is 18.7 Å². The molecule has 1 heterocycles. The fourth-order valence-corrected chi connectivity index (χ4v) is 2.84. The van der Waals surface area contributed by atoms with Crippen LogP contribution in [0.25, 0.3) is 0 Å². The van der Waals surface area contributed by atoms with Gasteiger partial charge in [0.15, 0.2) is 11.5 Å². The summed E-state index contributed by atoms with van der Waals surface area (Å²) in [6, 6.07) is 8.89. The van der Waals surface area contributed by atoms with Crippen molar-refractivity contribution >= 4 is 11.8 Å². The summed E-state index contributed by atoms with van der Waals surface area (Å²) >= 11 is 0. The number of hydrogen-bond donors (Lipinski definition) is 2. The van der Waals surface area contributed by atoms with Crippen molar-refractivity contribution in [2.45, 2.75) is 6.04 Å². The number of aromatic hydroxyl groups is 1. The predicted octanol–water partition coefficient (Wildman–Crippen LogP) is 1.85. The van der Waals surface area contributed by atoms with Crippen LogP contribution in [0.4, 0.5) is 4.39 Å². The average Bonchev–Trinajstić information content (AvgIpc) is 2.62. The van der Waals surface area contributed by atoms with Crippen molar-refractivity contribution in [2.24, 2.45) is 0 Å². The molecule has 1 atom stereocenters. The van der Waals surface area contributed by atoms with Crippen LogP contribution < -0.4 is 10.1 Å². The van der Waals surface area contributed by atoms with E-state index in [1.807, 2.05) is 0 Å². The van der Waals surface area contributed by atoms with Crippen molar-refractivity contribution in [1.82, 2.24) is 10.2 Å². The van der Waals surface area contributed by atoms with E-state index in [0.717, 1.165) is 0 Å². The van der Waals surface area contributed by atoms with Gasteiger partial charge < -0.3 is 20.1 Å². The molecule has 6 nitrogen and oxygen atoms in total. The third kappa shape index (κ3) is 3.26. The zero-order valence-corrected chi connectivity index (χ0v) is 13.5. The number of phenols is 1. The number of nitrogens with zero attached hydrogens (tertiary/aromatic N) is 1. The van der Waals surface area contributed by atoms with E-state index in [1.165, 1.54) is 54.5 Å². The highest BCUT2D eigenvalue weighted by Crippen LogP contribution is 2.30. The van der Waals surface area contributed by atoms with Gasteiger partial charge in [-0.25, -0.2) is 4.39 Å². The van der Waals surface area contributed by atoms with Crippen molar-refractivity contribution in [3.05, 3.63) is 59.4 Å². The third-order valence-electron chi connectivity index (χ3n) is 4.09. The molecule has 1 unspecified atom stereocenters. The second kappa shape index (κ2) is 6.80. The van der Waals surface area contributed by atoms with E-state index >= 15 is 0 Å². The van der Waals surface area contributed by atoms with E-state index in [9.17, 15) is 19.1 Å². The minimum atomic E-state index is -0.846. The van der Waals surface area contributed by atoms with Crippen LogP contribution in [-0.4, -0.2) is 42.0 Å². The number of ether oxygens (including phenoxy) is 1. The van der Waals surface area contributed by atoms with Crippen LogP contribution in [0.5, 0.6) is 11.5 Å². The van der Waals surface area contributed by atoms with Crippen LogP contribution in [0.2, 0.25) is 0 Å². The average molecular weight is 344 g/mol. The van der Waals surface area contributed by atoms with Gasteiger partial charge in [0.05, 0.1) is 7.11 Å². The maximum absolute atomic E-state index is 13.2. The van der Waals surface area contributed by atoms with E-state index in [-0.39, 0.29) is 28.9 Å². The SMILES string of the molecule is COc1cc(C(=O)N2CCNC(=O)C2c2ccc(F)cc2)ccc1O. The minimum Gasteiger partial charge on any atom is -0.504 e. The van der Waals surface area contributed by atoms with Crippen LogP contribution in [0.3, 0.4) is 0 Å². The standard InChI is InChI=1S/C18H17FN2O4/c1-25-15-10-12(4-7-14(15)22)18(24)21-9-8-20-17(23)16(21)11-2-5-13(19)6-3-11/h2-7,10,16,22H,8-9H2,1H3,(H,20,23). The lowest BCUT2D eigenvalue weighted by Gasteiger charge is -2.35. The number of halogens is 1. The predicted molar refractivity (Wildman–Crippen MR) is 87.8 cm³/mol. The van der Waals surface area contributed by atoms with Crippen LogP contribution in [0.15, 0.2) is 42.5 Å². The molecule has 0 radical (unpaired) electrons. The normalized spacial score (nSPS) is 17.1. The molecule has 2 aromatic rings. The first-order valence-corrected chi connectivity index (χ1v) is 7.72. The van der Waals surface area contributed by atoms with Gasteiger partial charge in [0.25, 0.3) is 5.91 Å². The van der Waals surface area contributed by atoms with Crippen molar-refractivity contribution < 1.29 is 23.8 Å². The Hall–Kier alpha value is -3.09. The first-order chi connectivity index (χ1) is 12.0. The highest BCUT2D eigenvalue weighted by molar-refractivity contribution is 5.99. The number of amides is 2. The summed E-state index contributed by atoms with van der Waals surface area (Å²) in [7, 11) is 1.39. The largest absolute Gasteiger partial charge is 0.504 e. The summed E-state index contributed by atoms with van der Waals surface area (Å²) in [5.41, 5.74) is 0.814. The fraction of sp³-hybridized carbons (Fsp3) is 0.222. The smallest absolute Gasteiger partial charge is 0.255 e. The van der Waals surface area contributed by atoms with E-state index in [1.54, 1.807) is 0 Å². The monoisotopic (exact) mass is 344 g/mol. The van der Waals surface area contributed by atoms with Gasteiger partial charge in [-0.05, 0) is 35.9 Å².